The number of nitrogens with zero attached hydrogens (tertiary/aromatic N) is 1. The van der Waals surface area contributed by atoms with Crippen molar-refractivity contribution in [1.82, 2.24) is 0 Å². The SMILES string of the molecule is O=[N+]([O-])c1cc(C(F)(F)F)ccc1OCCCCCBr. The molecule has 0 fully saturated rings. The van der Waals surface area contributed by atoms with Crippen molar-refractivity contribution in [2.75, 3.05) is 11.9 Å². The highest BCUT2D eigenvalue weighted by Gasteiger charge is 2.33. The lowest BCUT2D eigenvalue weighted by molar-refractivity contribution is -0.386. The summed E-state index contributed by atoms with van der Waals surface area (Å²) in [5.41, 5.74) is -1.73. The number of hydrogen-bond donors (Lipinski definition) is 0. The molecule has 4 nitrogen and oxygen atoms in total. The molecule has 8 heteroatoms. The fourth-order valence-electron chi connectivity index (χ4n) is 1.51. The number of benzene rings is 1. The molecule has 0 aliphatic carbocycles. The Morgan fingerprint density at radius 3 is 2.50 bits per heavy atom. The van der Waals surface area contributed by atoms with Crippen molar-refractivity contribution >= 4 is 21.6 Å². The Kier molecular flexibility index (Phi) is 6.25. The molecule has 0 heterocycles. The molecule has 1 aromatic rings. The van der Waals surface area contributed by atoms with Crippen LogP contribution in [0, 0.1) is 10.1 Å². The minimum absolute atomic E-state index is 0.137. The molecule has 0 amide bonds. The van der Waals surface area contributed by atoms with Crippen LogP contribution in [0.4, 0.5) is 18.9 Å². The third kappa shape index (κ3) is 4.99. The van der Waals surface area contributed by atoms with Gasteiger partial charge < -0.3 is 4.74 Å². The van der Waals surface area contributed by atoms with Crippen molar-refractivity contribution in [3.8, 4) is 5.75 Å². The van der Waals surface area contributed by atoms with Gasteiger partial charge in [-0.3, -0.25) is 10.1 Å². The van der Waals surface area contributed by atoms with Crippen LogP contribution in [0.15, 0.2) is 18.2 Å². The summed E-state index contributed by atoms with van der Waals surface area (Å²) >= 11 is 3.27. The average molecular weight is 356 g/mol. The Morgan fingerprint density at radius 1 is 1.25 bits per heavy atom. The van der Waals surface area contributed by atoms with E-state index in [9.17, 15) is 23.3 Å². The highest BCUT2D eigenvalue weighted by atomic mass is 79.9. The lowest BCUT2D eigenvalue weighted by Gasteiger charge is -2.10. The maximum atomic E-state index is 12.5. The van der Waals surface area contributed by atoms with Gasteiger partial charge in [0.2, 0.25) is 0 Å². The summed E-state index contributed by atoms with van der Waals surface area (Å²) in [7, 11) is 0. The van der Waals surface area contributed by atoms with Crippen LogP contribution in [0.1, 0.15) is 24.8 Å². The summed E-state index contributed by atoms with van der Waals surface area (Å²) < 4.78 is 42.6. The highest BCUT2D eigenvalue weighted by Crippen LogP contribution is 2.36. The monoisotopic (exact) mass is 355 g/mol. The fourth-order valence-corrected chi connectivity index (χ4v) is 1.91. The van der Waals surface area contributed by atoms with E-state index in [1.165, 1.54) is 0 Å². The van der Waals surface area contributed by atoms with Crippen LogP contribution in [-0.4, -0.2) is 16.9 Å². The second-order valence-corrected chi connectivity index (χ2v) is 4.83. The number of nitro benzene ring substituents is 1. The van der Waals surface area contributed by atoms with Gasteiger partial charge in [-0.1, -0.05) is 15.9 Å². The third-order valence-electron chi connectivity index (χ3n) is 2.52. The summed E-state index contributed by atoms with van der Waals surface area (Å²) in [6, 6.07) is 2.26. The van der Waals surface area contributed by atoms with Gasteiger partial charge in [-0.25, -0.2) is 0 Å². The summed E-state index contributed by atoms with van der Waals surface area (Å²) in [4.78, 5) is 9.92. The van der Waals surface area contributed by atoms with Crippen molar-refractivity contribution in [1.29, 1.82) is 0 Å². The molecule has 0 saturated heterocycles. The number of alkyl halides is 4. The lowest BCUT2D eigenvalue weighted by Crippen LogP contribution is -2.07. The summed E-state index contributed by atoms with van der Waals surface area (Å²) in [5.74, 6) is -0.137. The van der Waals surface area contributed by atoms with Gasteiger partial charge >= 0.3 is 11.9 Å². The number of halogens is 4. The van der Waals surface area contributed by atoms with Gasteiger partial charge in [0, 0.05) is 11.4 Å². The zero-order valence-corrected chi connectivity index (χ0v) is 12.0. The third-order valence-corrected chi connectivity index (χ3v) is 3.08. The summed E-state index contributed by atoms with van der Waals surface area (Å²) in [6.45, 7) is 0.235. The molecule has 0 aliphatic rings. The number of rotatable bonds is 7. The minimum Gasteiger partial charge on any atom is -0.487 e. The molecule has 0 aliphatic heterocycles. The second-order valence-electron chi connectivity index (χ2n) is 4.04. The molecule has 1 aromatic carbocycles. The predicted molar refractivity (Wildman–Crippen MR) is 71.2 cm³/mol. The second kappa shape index (κ2) is 7.47. The van der Waals surface area contributed by atoms with Crippen LogP contribution in [-0.2, 0) is 6.18 Å². The molecule has 0 atom stereocenters. The molecular formula is C12H13BrF3NO3. The molecule has 0 radical (unpaired) electrons. The largest absolute Gasteiger partial charge is 0.487 e. The van der Waals surface area contributed by atoms with Gasteiger partial charge in [-0.05, 0) is 31.4 Å². The molecule has 1 rings (SSSR count). The predicted octanol–water partition coefficient (Wildman–Crippen LogP) is 4.56. The Morgan fingerprint density at radius 2 is 1.95 bits per heavy atom. The topological polar surface area (TPSA) is 52.4 Å². The smallest absolute Gasteiger partial charge is 0.416 e. The van der Waals surface area contributed by atoms with Gasteiger partial charge in [0.25, 0.3) is 0 Å². The first-order valence-corrected chi connectivity index (χ1v) is 7.03. The normalized spacial score (nSPS) is 11.4. The van der Waals surface area contributed by atoms with E-state index in [1.54, 1.807) is 0 Å². The van der Waals surface area contributed by atoms with Crippen LogP contribution in [0.25, 0.3) is 0 Å². The van der Waals surface area contributed by atoms with E-state index >= 15 is 0 Å². The standard InChI is InChI=1S/C12H13BrF3NO3/c13-6-2-1-3-7-20-11-5-4-9(12(14,15)16)8-10(11)17(18)19/h4-5,8H,1-3,6-7H2. The first-order valence-electron chi connectivity index (χ1n) is 5.90. The van der Waals surface area contributed by atoms with Crippen LogP contribution in [0.5, 0.6) is 5.75 Å². The van der Waals surface area contributed by atoms with Gasteiger partial charge in [-0.2, -0.15) is 13.2 Å². The van der Waals surface area contributed by atoms with E-state index in [-0.39, 0.29) is 12.4 Å². The Labute approximate surface area is 122 Å². The van der Waals surface area contributed by atoms with Crippen molar-refractivity contribution in [2.45, 2.75) is 25.4 Å². The van der Waals surface area contributed by atoms with E-state index in [0.29, 0.717) is 12.5 Å². The molecular weight excluding hydrogens is 343 g/mol. The van der Waals surface area contributed by atoms with Gasteiger partial charge in [-0.15, -0.1) is 0 Å². The van der Waals surface area contributed by atoms with Gasteiger partial charge in [0.15, 0.2) is 5.75 Å². The minimum atomic E-state index is -4.61. The zero-order valence-electron chi connectivity index (χ0n) is 10.5. The van der Waals surface area contributed by atoms with Crippen LogP contribution < -0.4 is 4.74 Å². The quantitative estimate of drug-likeness (QED) is 0.312. The lowest BCUT2D eigenvalue weighted by atomic mass is 10.2. The Hall–Kier alpha value is -1.31. The summed E-state index contributed by atoms with van der Waals surface area (Å²) in [6.07, 6.45) is -2.11. The van der Waals surface area contributed by atoms with Crippen LogP contribution in [0.2, 0.25) is 0 Å². The van der Waals surface area contributed by atoms with Crippen molar-refractivity contribution in [3.63, 3.8) is 0 Å². The van der Waals surface area contributed by atoms with Gasteiger partial charge in [0.05, 0.1) is 17.1 Å². The number of nitro groups is 1. The Bertz CT molecular complexity index is 466. The summed E-state index contributed by atoms with van der Waals surface area (Å²) in [5, 5.41) is 11.6. The van der Waals surface area contributed by atoms with E-state index in [2.05, 4.69) is 15.9 Å². The molecule has 20 heavy (non-hydrogen) atoms. The molecule has 0 spiro atoms. The molecule has 0 N–H and O–H groups in total. The van der Waals surface area contributed by atoms with E-state index in [4.69, 9.17) is 4.74 Å². The Balaban J connectivity index is 2.78. The van der Waals surface area contributed by atoms with E-state index in [1.807, 2.05) is 0 Å². The van der Waals surface area contributed by atoms with Crippen molar-refractivity contribution in [2.24, 2.45) is 0 Å². The molecule has 0 unspecified atom stereocenters. The van der Waals surface area contributed by atoms with E-state index in [0.717, 1.165) is 30.3 Å². The van der Waals surface area contributed by atoms with Crippen molar-refractivity contribution < 1.29 is 22.8 Å². The van der Waals surface area contributed by atoms with Crippen LogP contribution >= 0.6 is 15.9 Å². The molecule has 112 valence electrons. The first kappa shape index (κ1) is 16.7. The number of hydrogen-bond acceptors (Lipinski definition) is 3. The number of unbranched alkanes of at least 4 members (excludes halogenated alkanes) is 2. The van der Waals surface area contributed by atoms with Crippen molar-refractivity contribution in [3.05, 3.63) is 33.9 Å². The highest BCUT2D eigenvalue weighted by molar-refractivity contribution is 9.09. The number of ether oxygens (including phenoxy) is 1. The maximum Gasteiger partial charge on any atom is 0.416 e. The maximum absolute atomic E-state index is 12.5. The fraction of sp³-hybridized carbons (Fsp3) is 0.500. The van der Waals surface area contributed by atoms with Gasteiger partial charge in [0.1, 0.15) is 0 Å². The zero-order chi connectivity index (χ0) is 15.2. The molecule has 0 saturated carbocycles. The van der Waals surface area contributed by atoms with Crippen LogP contribution in [0.3, 0.4) is 0 Å². The molecule has 0 bridgehead atoms. The average Bonchev–Trinajstić information content (AvgIpc) is 2.37. The first-order chi connectivity index (χ1) is 9.36. The van der Waals surface area contributed by atoms with E-state index < -0.39 is 22.4 Å². The molecule has 0 aromatic heterocycles.